The Hall–Kier alpha value is -5.86. The molecular weight excluding hydrogens is 581 g/mol. The predicted molar refractivity (Wildman–Crippen MR) is 207 cm³/mol. The number of benzene rings is 8. The van der Waals surface area contributed by atoms with Gasteiger partial charge in [-0.15, -0.1) is 0 Å². The minimum absolute atomic E-state index is 0.0629. The summed E-state index contributed by atoms with van der Waals surface area (Å²) in [4.78, 5) is 2.46. The average molecular weight is 617 g/mol. The Balaban J connectivity index is 1.38. The summed E-state index contributed by atoms with van der Waals surface area (Å²) in [6.07, 6.45) is 0. The van der Waals surface area contributed by atoms with Gasteiger partial charge in [0.2, 0.25) is 0 Å². The van der Waals surface area contributed by atoms with Crippen LogP contribution in [0.4, 0.5) is 17.1 Å². The number of anilines is 3. The topological polar surface area (TPSA) is 8.17 Å². The van der Waals surface area contributed by atoms with Gasteiger partial charge in [-0.1, -0.05) is 136 Å². The number of hydrogen-bond acceptors (Lipinski definition) is 1. The van der Waals surface area contributed by atoms with E-state index in [4.69, 9.17) is 0 Å². The zero-order valence-corrected chi connectivity index (χ0v) is 27.5. The highest BCUT2D eigenvalue weighted by molar-refractivity contribution is 6.28. The molecule has 48 heavy (non-hydrogen) atoms. The monoisotopic (exact) mass is 616 g/mol. The van der Waals surface area contributed by atoms with E-state index in [1.165, 1.54) is 65.4 Å². The Morgan fingerprint density at radius 1 is 0.417 bits per heavy atom. The van der Waals surface area contributed by atoms with Gasteiger partial charge in [0, 0.05) is 33.2 Å². The SMILES string of the molecule is CC(C)(C)c1ccc(N(c2ccc3c4ccccc4n(-c4ccccc4)c3c2)c2cccc3c4ccccc4c4ccccc4c23)cc1. The molecule has 0 radical (unpaired) electrons. The summed E-state index contributed by atoms with van der Waals surface area (Å²) < 4.78 is 2.40. The molecule has 0 amide bonds. The second-order valence-electron chi connectivity index (χ2n) is 13.8. The zero-order valence-electron chi connectivity index (χ0n) is 27.5. The Morgan fingerprint density at radius 3 is 1.60 bits per heavy atom. The lowest BCUT2D eigenvalue weighted by Crippen LogP contribution is -2.13. The molecule has 2 heteroatoms. The van der Waals surface area contributed by atoms with E-state index in [1.807, 2.05) is 0 Å². The molecule has 9 rings (SSSR count). The smallest absolute Gasteiger partial charge is 0.0561 e. The quantitative estimate of drug-likeness (QED) is 0.179. The molecule has 2 nitrogen and oxygen atoms in total. The largest absolute Gasteiger partial charge is 0.310 e. The number of hydrogen-bond donors (Lipinski definition) is 0. The molecule has 0 aliphatic heterocycles. The van der Waals surface area contributed by atoms with Gasteiger partial charge in [0.05, 0.1) is 16.7 Å². The van der Waals surface area contributed by atoms with Gasteiger partial charge in [-0.3, -0.25) is 0 Å². The van der Waals surface area contributed by atoms with Crippen LogP contribution in [0.5, 0.6) is 0 Å². The maximum absolute atomic E-state index is 2.46. The van der Waals surface area contributed by atoms with Gasteiger partial charge in [0.1, 0.15) is 0 Å². The summed E-state index contributed by atoms with van der Waals surface area (Å²) in [5.74, 6) is 0. The van der Waals surface area contributed by atoms with E-state index in [0.717, 1.165) is 17.1 Å². The molecule has 1 heterocycles. The molecule has 0 N–H and O–H groups in total. The van der Waals surface area contributed by atoms with Crippen molar-refractivity contribution < 1.29 is 0 Å². The van der Waals surface area contributed by atoms with E-state index in [0.29, 0.717) is 0 Å². The van der Waals surface area contributed by atoms with Crippen LogP contribution in [-0.2, 0) is 5.41 Å². The first-order chi connectivity index (χ1) is 23.5. The standard InChI is InChI=1S/C46H36N2/c1-46(2,3)31-24-26-33(27-25-31)47(43-23-13-21-41-37-17-8-7-16-35(37)36-18-9-10-20-40(36)45(41)43)34-28-29-39-38-19-11-12-22-42(38)48(44(39)30-34)32-14-5-4-6-15-32/h4-30H,1-3H3. The first-order valence-electron chi connectivity index (χ1n) is 16.8. The highest BCUT2D eigenvalue weighted by Crippen LogP contribution is 2.46. The summed E-state index contributed by atoms with van der Waals surface area (Å²) >= 11 is 0. The van der Waals surface area contributed by atoms with Crippen molar-refractivity contribution in [2.45, 2.75) is 26.2 Å². The first kappa shape index (κ1) is 28.4. The van der Waals surface area contributed by atoms with Gasteiger partial charge < -0.3 is 9.47 Å². The molecule has 0 unspecified atom stereocenters. The lowest BCUT2D eigenvalue weighted by Gasteiger charge is -2.29. The maximum Gasteiger partial charge on any atom is 0.0561 e. The summed E-state index contributed by atoms with van der Waals surface area (Å²) in [6.45, 7) is 6.83. The fraction of sp³-hybridized carbons (Fsp3) is 0.0870. The van der Waals surface area contributed by atoms with Gasteiger partial charge in [-0.25, -0.2) is 0 Å². The number of rotatable bonds is 4. The predicted octanol–water partition coefficient (Wildman–Crippen LogP) is 13.0. The zero-order chi connectivity index (χ0) is 32.4. The van der Waals surface area contributed by atoms with Crippen molar-refractivity contribution in [3.05, 3.63) is 169 Å². The molecular formula is C46H36N2. The van der Waals surface area contributed by atoms with Crippen LogP contribution in [0.25, 0.3) is 59.8 Å². The maximum atomic E-state index is 2.46. The number of nitrogens with zero attached hydrogens (tertiary/aromatic N) is 2. The van der Waals surface area contributed by atoms with Crippen molar-refractivity contribution in [2.24, 2.45) is 0 Å². The van der Waals surface area contributed by atoms with Crippen molar-refractivity contribution in [3.8, 4) is 5.69 Å². The summed E-state index contributed by atoms with van der Waals surface area (Å²) in [7, 11) is 0. The molecule has 230 valence electrons. The molecule has 8 aromatic carbocycles. The number of aromatic nitrogens is 1. The first-order valence-corrected chi connectivity index (χ1v) is 16.8. The van der Waals surface area contributed by atoms with Crippen LogP contribution >= 0.6 is 0 Å². The molecule has 0 saturated carbocycles. The molecule has 0 atom stereocenters. The fourth-order valence-corrected chi connectivity index (χ4v) is 7.61. The minimum Gasteiger partial charge on any atom is -0.310 e. The molecule has 0 spiro atoms. The molecule has 1 aromatic heterocycles. The van der Waals surface area contributed by atoms with E-state index in [1.54, 1.807) is 0 Å². The lowest BCUT2D eigenvalue weighted by atomic mass is 9.87. The summed E-state index contributed by atoms with van der Waals surface area (Å²) in [5.41, 5.74) is 8.36. The van der Waals surface area contributed by atoms with Gasteiger partial charge >= 0.3 is 0 Å². The summed E-state index contributed by atoms with van der Waals surface area (Å²) in [5, 5.41) is 10.1. The van der Waals surface area contributed by atoms with Crippen molar-refractivity contribution in [1.82, 2.24) is 4.57 Å². The van der Waals surface area contributed by atoms with Crippen LogP contribution in [-0.4, -0.2) is 4.57 Å². The minimum atomic E-state index is 0.0629. The van der Waals surface area contributed by atoms with Crippen LogP contribution < -0.4 is 4.90 Å². The molecule has 9 aromatic rings. The van der Waals surface area contributed by atoms with E-state index < -0.39 is 0 Å². The van der Waals surface area contributed by atoms with Gasteiger partial charge in [0.25, 0.3) is 0 Å². The number of para-hydroxylation sites is 2. The molecule has 0 bridgehead atoms. The third kappa shape index (κ3) is 4.41. The second-order valence-corrected chi connectivity index (χ2v) is 13.8. The van der Waals surface area contributed by atoms with Gasteiger partial charge in [-0.05, 0) is 86.4 Å². The highest BCUT2D eigenvalue weighted by atomic mass is 15.1. The summed E-state index contributed by atoms with van der Waals surface area (Å²) in [6, 6.07) is 60.1. The van der Waals surface area contributed by atoms with Crippen LogP contribution in [0.2, 0.25) is 0 Å². The van der Waals surface area contributed by atoms with Crippen LogP contribution in [0.1, 0.15) is 26.3 Å². The normalized spacial score (nSPS) is 12.1. The van der Waals surface area contributed by atoms with Crippen LogP contribution in [0.3, 0.4) is 0 Å². The van der Waals surface area contributed by atoms with Crippen LogP contribution in [0.15, 0.2) is 164 Å². The third-order valence-corrected chi connectivity index (χ3v) is 9.91. The van der Waals surface area contributed by atoms with Crippen molar-refractivity contribution in [1.29, 1.82) is 0 Å². The Labute approximate surface area is 281 Å². The van der Waals surface area contributed by atoms with E-state index in [9.17, 15) is 0 Å². The van der Waals surface area contributed by atoms with E-state index >= 15 is 0 Å². The Kier molecular flexibility index (Phi) is 6.42. The average Bonchev–Trinajstić information content (AvgIpc) is 3.46. The molecule has 0 saturated heterocycles. The van der Waals surface area contributed by atoms with E-state index in [2.05, 4.69) is 194 Å². The Bertz CT molecular complexity index is 2590. The third-order valence-electron chi connectivity index (χ3n) is 9.91. The van der Waals surface area contributed by atoms with Crippen molar-refractivity contribution in [3.63, 3.8) is 0 Å². The van der Waals surface area contributed by atoms with Gasteiger partial charge in [-0.2, -0.15) is 0 Å². The van der Waals surface area contributed by atoms with Crippen molar-refractivity contribution >= 4 is 71.2 Å². The van der Waals surface area contributed by atoms with Gasteiger partial charge in [0.15, 0.2) is 0 Å². The fourth-order valence-electron chi connectivity index (χ4n) is 7.61. The molecule has 0 fully saturated rings. The number of fused-ring (bicyclic) bond motifs is 9. The molecule has 0 aliphatic rings. The van der Waals surface area contributed by atoms with E-state index in [-0.39, 0.29) is 5.41 Å². The van der Waals surface area contributed by atoms with Crippen LogP contribution in [0, 0.1) is 0 Å². The highest BCUT2D eigenvalue weighted by Gasteiger charge is 2.22. The Morgan fingerprint density at radius 2 is 0.938 bits per heavy atom. The second kappa shape index (κ2) is 10.9. The lowest BCUT2D eigenvalue weighted by molar-refractivity contribution is 0.590. The molecule has 0 aliphatic carbocycles. The van der Waals surface area contributed by atoms with Crippen molar-refractivity contribution in [2.75, 3.05) is 4.90 Å².